The number of benzene rings is 2. The molecule has 0 aromatic heterocycles. The minimum atomic E-state index is -0.233. The number of carbonyl (C=O) groups excluding carboxylic acids is 2. The zero-order valence-corrected chi connectivity index (χ0v) is 15.4. The van der Waals surface area contributed by atoms with Crippen molar-refractivity contribution in [1.82, 2.24) is 4.90 Å². The second-order valence-electron chi connectivity index (χ2n) is 6.10. The van der Waals surface area contributed by atoms with E-state index in [1.165, 1.54) is 6.92 Å². The van der Waals surface area contributed by atoms with Crippen molar-refractivity contribution in [3.63, 3.8) is 0 Å². The number of rotatable bonds is 7. The molecule has 0 aliphatic rings. The van der Waals surface area contributed by atoms with Gasteiger partial charge in [-0.1, -0.05) is 36.4 Å². The lowest BCUT2D eigenvalue weighted by Gasteiger charge is -2.28. The highest BCUT2D eigenvalue weighted by molar-refractivity contribution is 5.92. The normalized spacial score (nSPS) is 11.5. The first-order chi connectivity index (χ1) is 12.5. The Bertz CT molecular complexity index is 734. The van der Waals surface area contributed by atoms with Crippen molar-refractivity contribution in [3.8, 4) is 0 Å². The second-order valence-corrected chi connectivity index (χ2v) is 6.10. The summed E-state index contributed by atoms with van der Waals surface area (Å²) in [6.45, 7) is 1.88. The van der Waals surface area contributed by atoms with Crippen LogP contribution in [0.4, 0.5) is 16.2 Å². The maximum Gasteiger partial charge on any atom is 0.321 e. The van der Waals surface area contributed by atoms with E-state index < -0.39 is 0 Å². The van der Waals surface area contributed by atoms with Gasteiger partial charge in [0.2, 0.25) is 5.91 Å². The van der Waals surface area contributed by atoms with E-state index in [4.69, 9.17) is 4.74 Å². The summed E-state index contributed by atoms with van der Waals surface area (Å²) in [7, 11) is 3.38. The number of nitrogens with zero attached hydrogens (tertiary/aromatic N) is 1. The molecular formula is C20H25N3O3. The number of urea groups is 1. The summed E-state index contributed by atoms with van der Waals surface area (Å²) in [5, 5.41) is 5.56. The standard InChI is InChI=1S/C20H25N3O3/c1-15(24)21-17-10-7-11-18(13-17)22-20(25)23(2)19(14-26-3)12-16-8-5-4-6-9-16/h4-11,13,19H,12,14H2,1-3H3,(H,21,24)(H,22,25)/t19-/m0/s1. The van der Waals surface area contributed by atoms with Crippen molar-refractivity contribution in [2.24, 2.45) is 0 Å². The summed E-state index contributed by atoms with van der Waals surface area (Å²) >= 11 is 0. The fourth-order valence-electron chi connectivity index (χ4n) is 2.64. The number of methoxy groups -OCH3 is 1. The van der Waals surface area contributed by atoms with E-state index in [2.05, 4.69) is 10.6 Å². The lowest BCUT2D eigenvalue weighted by atomic mass is 10.1. The highest BCUT2D eigenvalue weighted by Crippen LogP contribution is 2.16. The summed E-state index contributed by atoms with van der Waals surface area (Å²) in [6, 6.07) is 16.7. The molecule has 2 aromatic rings. The fraction of sp³-hybridized carbons (Fsp3) is 0.300. The molecule has 0 aliphatic carbocycles. The average molecular weight is 355 g/mol. The molecule has 0 aliphatic heterocycles. The SMILES string of the molecule is COC[C@H](Cc1ccccc1)N(C)C(=O)Nc1cccc(NC(C)=O)c1. The predicted molar refractivity (Wildman–Crippen MR) is 103 cm³/mol. The van der Waals surface area contributed by atoms with Crippen LogP contribution in [0, 0.1) is 0 Å². The molecule has 3 amide bonds. The van der Waals surface area contributed by atoms with E-state index in [0.717, 1.165) is 5.56 Å². The van der Waals surface area contributed by atoms with Gasteiger partial charge in [-0.15, -0.1) is 0 Å². The van der Waals surface area contributed by atoms with Gasteiger partial charge in [0, 0.05) is 32.5 Å². The molecule has 6 heteroatoms. The third-order valence-corrected chi connectivity index (χ3v) is 3.98. The molecule has 6 nitrogen and oxygen atoms in total. The van der Waals surface area contributed by atoms with Crippen LogP contribution in [0.15, 0.2) is 54.6 Å². The summed E-state index contributed by atoms with van der Waals surface area (Å²) in [6.07, 6.45) is 0.699. The van der Waals surface area contributed by atoms with E-state index in [0.29, 0.717) is 24.4 Å². The van der Waals surface area contributed by atoms with Gasteiger partial charge in [0.25, 0.3) is 0 Å². The van der Waals surface area contributed by atoms with Crippen LogP contribution in [0.3, 0.4) is 0 Å². The van der Waals surface area contributed by atoms with Crippen LogP contribution < -0.4 is 10.6 Å². The molecule has 2 aromatic carbocycles. The van der Waals surface area contributed by atoms with Crippen molar-refractivity contribution < 1.29 is 14.3 Å². The number of amides is 3. The van der Waals surface area contributed by atoms with E-state index in [9.17, 15) is 9.59 Å². The Morgan fingerprint density at radius 2 is 1.69 bits per heavy atom. The quantitative estimate of drug-likeness (QED) is 0.800. The lowest BCUT2D eigenvalue weighted by Crippen LogP contribution is -2.43. The molecule has 0 fully saturated rings. The second kappa shape index (κ2) is 9.58. The lowest BCUT2D eigenvalue weighted by molar-refractivity contribution is -0.114. The molecule has 0 radical (unpaired) electrons. The van der Waals surface area contributed by atoms with Crippen LogP contribution in [-0.4, -0.2) is 43.6 Å². The van der Waals surface area contributed by atoms with Crippen molar-refractivity contribution >= 4 is 23.3 Å². The minimum Gasteiger partial charge on any atom is -0.383 e. The number of anilines is 2. The third kappa shape index (κ3) is 5.89. The first kappa shape index (κ1) is 19.5. The Morgan fingerprint density at radius 1 is 1.04 bits per heavy atom. The van der Waals surface area contributed by atoms with Gasteiger partial charge in [-0.25, -0.2) is 4.79 Å². The smallest absolute Gasteiger partial charge is 0.321 e. The van der Waals surface area contributed by atoms with Crippen molar-refractivity contribution in [3.05, 3.63) is 60.2 Å². The summed E-state index contributed by atoms with van der Waals surface area (Å²) in [4.78, 5) is 25.4. The van der Waals surface area contributed by atoms with Gasteiger partial charge < -0.3 is 20.3 Å². The Hall–Kier alpha value is -2.86. The Morgan fingerprint density at radius 3 is 2.31 bits per heavy atom. The van der Waals surface area contributed by atoms with Crippen LogP contribution in [0.1, 0.15) is 12.5 Å². The molecule has 2 N–H and O–H groups in total. The molecule has 1 atom stereocenters. The van der Waals surface area contributed by atoms with E-state index >= 15 is 0 Å². The molecular weight excluding hydrogens is 330 g/mol. The minimum absolute atomic E-state index is 0.0964. The van der Waals surface area contributed by atoms with Gasteiger partial charge in [0.15, 0.2) is 0 Å². The zero-order chi connectivity index (χ0) is 18.9. The van der Waals surface area contributed by atoms with Gasteiger partial charge in [-0.2, -0.15) is 0 Å². The number of likely N-dealkylation sites (N-methyl/N-ethyl adjacent to an activating group) is 1. The molecule has 0 unspecified atom stereocenters. The molecule has 0 bridgehead atoms. The molecule has 2 rings (SSSR count). The first-order valence-electron chi connectivity index (χ1n) is 8.44. The maximum atomic E-state index is 12.6. The molecule has 0 heterocycles. The van der Waals surface area contributed by atoms with Gasteiger partial charge >= 0.3 is 6.03 Å². The van der Waals surface area contributed by atoms with Crippen LogP contribution in [0.5, 0.6) is 0 Å². The van der Waals surface area contributed by atoms with Crippen LogP contribution >= 0.6 is 0 Å². The Kier molecular flexibility index (Phi) is 7.17. The topological polar surface area (TPSA) is 70.7 Å². The highest BCUT2D eigenvalue weighted by Gasteiger charge is 2.20. The maximum absolute atomic E-state index is 12.6. The van der Waals surface area contributed by atoms with Gasteiger partial charge in [-0.3, -0.25) is 4.79 Å². The summed E-state index contributed by atoms with van der Waals surface area (Å²) in [5.74, 6) is -0.159. The summed E-state index contributed by atoms with van der Waals surface area (Å²) < 4.78 is 5.29. The largest absolute Gasteiger partial charge is 0.383 e. The number of hydrogen-bond acceptors (Lipinski definition) is 3. The fourth-order valence-corrected chi connectivity index (χ4v) is 2.64. The van der Waals surface area contributed by atoms with Crippen molar-refractivity contribution in [2.75, 3.05) is 31.4 Å². The highest BCUT2D eigenvalue weighted by atomic mass is 16.5. The van der Waals surface area contributed by atoms with E-state index in [1.54, 1.807) is 43.3 Å². The number of hydrogen-bond donors (Lipinski definition) is 2. The van der Waals surface area contributed by atoms with Crippen molar-refractivity contribution in [2.45, 2.75) is 19.4 Å². The molecule has 0 saturated heterocycles. The van der Waals surface area contributed by atoms with Gasteiger partial charge in [0.1, 0.15) is 0 Å². The molecule has 0 spiro atoms. The van der Waals surface area contributed by atoms with E-state index in [-0.39, 0.29) is 18.0 Å². The summed E-state index contributed by atoms with van der Waals surface area (Å²) in [5.41, 5.74) is 2.39. The van der Waals surface area contributed by atoms with E-state index in [1.807, 2.05) is 30.3 Å². The van der Waals surface area contributed by atoms with Crippen molar-refractivity contribution in [1.29, 1.82) is 0 Å². The number of carbonyl (C=O) groups is 2. The Balaban J connectivity index is 2.05. The number of nitrogens with one attached hydrogen (secondary N) is 2. The average Bonchev–Trinajstić information content (AvgIpc) is 2.61. The number of ether oxygens (including phenoxy) is 1. The molecule has 26 heavy (non-hydrogen) atoms. The van der Waals surface area contributed by atoms with Gasteiger partial charge in [0.05, 0.1) is 12.6 Å². The van der Waals surface area contributed by atoms with Crippen LogP contribution in [0.2, 0.25) is 0 Å². The molecule has 138 valence electrons. The van der Waals surface area contributed by atoms with Crippen LogP contribution in [-0.2, 0) is 16.0 Å². The first-order valence-corrected chi connectivity index (χ1v) is 8.44. The zero-order valence-electron chi connectivity index (χ0n) is 15.4. The predicted octanol–water partition coefficient (Wildman–Crippen LogP) is 3.37. The van der Waals surface area contributed by atoms with Crippen LogP contribution in [0.25, 0.3) is 0 Å². The Labute approximate surface area is 154 Å². The van der Waals surface area contributed by atoms with Gasteiger partial charge in [-0.05, 0) is 30.2 Å². The monoisotopic (exact) mass is 355 g/mol. The molecule has 0 saturated carbocycles. The third-order valence-electron chi connectivity index (χ3n) is 3.98.